The van der Waals surface area contributed by atoms with Crippen LogP contribution in [0.4, 0.5) is 0 Å². The predicted octanol–water partition coefficient (Wildman–Crippen LogP) is 0.676. The van der Waals surface area contributed by atoms with Crippen LogP contribution in [0.3, 0.4) is 0 Å². The second kappa shape index (κ2) is 9.71. The van der Waals surface area contributed by atoms with Gasteiger partial charge < -0.3 is 15.5 Å². The molecule has 0 aliphatic carbocycles. The molecule has 3 rings (SSSR count). The molecule has 2 saturated heterocycles. The van der Waals surface area contributed by atoms with Gasteiger partial charge in [0.25, 0.3) is 0 Å². The van der Waals surface area contributed by atoms with Crippen molar-refractivity contribution in [2.24, 2.45) is 4.99 Å². The fourth-order valence-electron chi connectivity index (χ4n) is 3.77. The number of nitrogens with zero attached hydrogens (tertiary/aromatic N) is 3. The monoisotopic (exact) mass is 407 g/mol. The van der Waals surface area contributed by atoms with Crippen LogP contribution in [0.25, 0.3) is 0 Å². The van der Waals surface area contributed by atoms with Crippen molar-refractivity contribution in [2.45, 2.75) is 32.5 Å². The van der Waals surface area contributed by atoms with Crippen molar-refractivity contribution < 1.29 is 8.42 Å². The Kier molecular flexibility index (Phi) is 7.31. The minimum absolute atomic E-state index is 0.0493. The summed E-state index contributed by atoms with van der Waals surface area (Å²) in [7, 11) is -1.18. The van der Waals surface area contributed by atoms with Gasteiger partial charge in [-0.05, 0) is 24.1 Å². The third-order valence-electron chi connectivity index (χ3n) is 5.60. The van der Waals surface area contributed by atoms with Crippen molar-refractivity contribution in [3.63, 3.8) is 0 Å². The highest BCUT2D eigenvalue weighted by atomic mass is 32.2. The van der Waals surface area contributed by atoms with E-state index in [4.69, 9.17) is 0 Å². The second-order valence-electron chi connectivity index (χ2n) is 7.70. The summed E-state index contributed by atoms with van der Waals surface area (Å²) in [6.45, 7) is 9.62. The van der Waals surface area contributed by atoms with E-state index in [9.17, 15) is 8.42 Å². The molecule has 1 unspecified atom stereocenters. The van der Waals surface area contributed by atoms with Gasteiger partial charge in [-0.1, -0.05) is 31.2 Å². The Bertz CT molecular complexity index is 755. The molecule has 2 fully saturated rings. The van der Waals surface area contributed by atoms with Crippen LogP contribution in [0.15, 0.2) is 29.3 Å². The van der Waals surface area contributed by atoms with Crippen molar-refractivity contribution in [3.05, 3.63) is 35.4 Å². The summed E-state index contributed by atoms with van der Waals surface area (Å²) in [5.74, 6) is 1.10. The summed E-state index contributed by atoms with van der Waals surface area (Å²) < 4.78 is 23.2. The number of aliphatic imine (C=N–C) groups is 1. The van der Waals surface area contributed by atoms with Gasteiger partial charge in [0.2, 0.25) is 0 Å². The van der Waals surface area contributed by atoms with Crippen molar-refractivity contribution in [1.29, 1.82) is 0 Å². The summed E-state index contributed by atoms with van der Waals surface area (Å²) in [5.41, 5.74) is 2.52. The molecule has 0 spiro atoms. The average Bonchev–Trinajstić information content (AvgIpc) is 3.05. The zero-order chi connectivity index (χ0) is 20.0. The zero-order valence-electron chi connectivity index (χ0n) is 17.0. The highest BCUT2D eigenvalue weighted by Gasteiger charge is 2.28. The van der Waals surface area contributed by atoms with Crippen LogP contribution in [-0.2, 0) is 22.9 Å². The molecule has 1 aromatic rings. The van der Waals surface area contributed by atoms with Gasteiger partial charge in [-0.25, -0.2) is 8.42 Å². The Labute approximate surface area is 169 Å². The Hall–Kier alpha value is -1.64. The Balaban J connectivity index is 1.43. The molecule has 7 nitrogen and oxygen atoms in total. The van der Waals surface area contributed by atoms with E-state index in [-0.39, 0.29) is 17.5 Å². The number of rotatable bonds is 6. The number of hydrogen-bond donors (Lipinski definition) is 2. The Morgan fingerprint density at radius 2 is 1.75 bits per heavy atom. The first-order chi connectivity index (χ1) is 13.5. The smallest absolute Gasteiger partial charge is 0.191 e. The lowest BCUT2D eigenvalue weighted by Gasteiger charge is -2.34. The molecule has 0 amide bonds. The third kappa shape index (κ3) is 6.18. The van der Waals surface area contributed by atoms with Crippen LogP contribution in [0.5, 0.6) is 0 Å². The summed E-state index contributed by atoms with van der Waals surface area (Å²) >= 11 is 0. The van der Waals surface area contributed by atoms with Crippen molar-refractivity contribution in [1.82, 2.24) is 20.4 Å². The van der Waals surface area contributed by atoms with E-state index >= 15 is 0 Å². The van der Waals surface area contributed by atoms with E-state index in [1.54, 1.807) is 7.05 Å². The van der Waals surface area contributed by atoms with Crippen LogP contribution >= 0.6 is 0 Å². The minimum atomic E-state index is -2.89. The minimum Gasteiger partial charge on any atom is -0.353 e. The topological polar surface area (TPSA) is 77.0 Å². The molecule has 156 valence electrons. The maximum Gasteiger partial charge on any atom is 0.191 e. The van der Waals surface area contributed by atoms with Gasteiger partial charge in [-0.3, -0.25) is 9.89 Å². The highest BCUT2D eigenvalue weighted by molar-refractivity contribution is 7.91. The number of nitrogens with one attached hydrogen (secondary N) is 2. The van der Waals surface area contributed by atoms with Crippen molar-refractivity contribution in [3.8, 4) is 0 Å². The number of piperazine rings is 1. The van der Waals surface area contributed by atoms with E-state index in [0.717, 1.165) is 39.3 Å². The molecule has 2 aliphatic rings. The Morgan fingerprint density at radius 1 is 1.11 bits per heavy atom. The number of likely N-dealkylation sites (N-methyl/N-ethyl adjacent to an activating group) is 1. The van der Waals surface area contributed by atoms with E-state index in [0.29, 0.717) is 18.9 Å². The SMILES string of the molecule is CCN1CCN(Cc2ccc(CNC(=NC)NC3CCS(=O)(=O)C3)cc2)CC1. The summed E-state index contributed by atoms with van der Waals surface area (Å²) in [6, 6.07) is 8.65. The molecule has 0 radical (unpaired) electrons. The van der Waals surface area contributed by atoms with E-state index in [2.05, 4.69) is 56.6 Å². The van der Waals surface area contributed by atoms with Crippen LogP contribution in [0, 0.1) is 0 Å². The van der Waals surface area contributed by atoms with Gasteiger partial charge in [-0.15, -0.1) is 0 Å². The molecule has 2 N–H and O–H groups in total. The summed E-state index contributed by atoms with van der Waals surface area (Å²) in [5, 5.41) is 6.49. The second-order valence-corrected chi connectivity index (χ2v) is 9.93. The standard InChI is InChI=1S/C20H33N5O2S/c1-3-24-9-11-25(12-10-24)15-18-6-4-17(5-7-18)14-22-20(21-2)23-19-8-13-28(26,27)16-19/h4-7,19H,3,8-16H2,1-2H3,(H2,21,22,23). The lowest BCUT2D eigenvalue weighted by atomic mass is 10.1. The molecule has 2 heterocycles. The maximum atomic E-state index is 11.6. The summed E-state index contributed by atoms with van der Waals surface area (Å²) in [6.07, 6.45) is 0.643. The lowest BCUT2D eigenvalue weighted by Crippen LogP contribution is -2.45. The van der Waals surface area contributed by atoms with Gasteiger partial charge in [0.15, 0.2) is 15.8 Å². The molecule has 8 heteroatoms. The lowest BCUT2D eigenvalue weighted by molar-refractivity contribution is 0.132. The maximum absolute atomic E-state index is 11.6. The molecule has 1 atom stereocenters. The average molecular weight is 408 g/mol. The van der Waals surface area contributed by atoms with E-state index in [1.807, 2.05) is 0 Å². The largest absolute Gasteiger partial charge is 0.353 e. The van der Waals surface area contributed by atoms with Crippen molar-refractivity contribution in [2.75, 3.05) is 51.3 Å². The van der Waals surface area contributed by atoms with E-state index in [1.165, 1.54) is 11.1 Å². The fourth-order valence-corrected chi connectivity index (χ4v) is 5.44. The molecule has 1 aromatic carbocycles. The first kappa shape index (κ1) is 21.1. The van der Waals surface area contributed by atoms with Gasteiger partial charge in [0.1, 0.15) is 0 Å². The molecule has 28 heavy (non-hydrogen) atoms. The van der Waals surface area contributed by atoms with Gasteiger partial charge in [0.05, 0.1) is 11.5 Å². The van der Waals surface area contributed by atoms with Crippen LogP contribution in [-0.4, -0.2) is 81.5 Å². The normalized spacial score (nSPS) is 23.6. The predicted molar refractivity (Wildman–Crippen MR) is 114 cm³/mol. The molecule has 2 aliphatic heterocycles. The first-order valence-electron chi connectivity index (χ1n) is 10.2. The first-order valence-corrected chi connectivity index (χ1v) is 12.0. The molecular formula is C20H33N5O2S. The molecule has 0 bridgehead atoms. The number of sulfone groups is 1. The van der Waals surface area contributed by atoms with Crippen LogP contribution in [0.1, 0.15) is 24.5 Å². The van der Waals surface area contributed by atoms with Gasteiger partial charge in [-0.2, -0.15) is 0 Å². The van der Waals surface area contributed by atoms with Gasteiger partial charge in [0, 0.05) is 52.4 Å². The van der Waals surface area contributed by atoms with E-state index < -0.39 is 9.84 Å². The number of guanidine groups is 1. The Morgan fingerprint density at radius 3 is 2.32 bits per heavy atom. The van der Waals surface area contributed by atoms with Crippen LogP contribution < -0.4 is 10.6 Å². The quantitative estimate of drug-likeness (QED) is 0.533. The summed E-state index contributed by atoms with van der Waals surface area (Å²) in [4.78, 5) is 9.22. The number of benzene rings is 1. The molecule has 0 aromatic heterocycles. The molecule has 0 saturated carbocycles. The van der Waals surface area contributed by atoms with Crippen LogP contribution in [0.2, 0.25) is 0 Å². The van der Waals surface area contributed by atoms with Gasteiger partial charge >= 0.3 is 0 Å². The number of hydrogen-bond acceptors (Lipinski definition) is 5. The zero-order valence-corrected chi connectivity index (χ0v) is 17.8. The van der Waals surface area contributed by atoms with Crippen molar-refractivity contribution >= 4 is 15.8 Å². The fraction of sp³-hybridized carbons (Fsp3) is 0.650. The third-order valence-corrected chi connectivity index (χ3v) is 7.37. The highest BCUT2D eigenvalue weighted by Crippen LogP contribution is 2.12. The molecular weight excluding hydrogens is 374 g/mol.